The Morgan fingerprint density at radius 3 is 1.89 bits per heavy atom. The lowest BCUT2D eigenvalue weighted by molar-refractivity contribution is 0.160. The predicted octanol–water partition coefficient (Wildman–Crippen LogP) is 5.62. The van der Waals surface area contributed by atoms with E-state index < -0.39 is 0 Å². The van der Waals surface area contributed by atoms with Gasteiger partial charge in [0.1, 0.15) is 0 Å². The average molecular weight is 254 g/mol. The molecule has 0 saturated carbocycles. The molecule has 108 valence electrons. The minimum Gasteiger partial charge on any atom is -0.393 e. The quantitative estimate of drug-likeness (QED) is 0.334. The van der Waals surface area contributed by atoms with E-state index in [1.165, 1.54) is 63.4 Å². The highest BCUT2D eigenvalue weighted by Gasteiger charge is 2.04. The van der Waals surface area contributed by atoms with Crippen molar-refractivity contribution in [2.45, 2.75) is 97.0 Å². The monoisotopic (exact) mass is 254 g/mol. The van der Waals surface area contributed by atoms with Crippen LogP contribution in [0.1, 0.15) is 90.9 Å². The fraction of sp³-hybridized carbons (Fsp3) is 0.882. The highest BCUT2D eigenvalue weighted by molar-refractivity contribution is 4.94. The van der Waals surface area contributed by atoms with Crippen LogP contribution in [0.25, 0.3) is 0 Å². The zero-order valence-electron chi connectivity index (χ0n) is 12.7. The summed E-state index contributed by atoms with van der Waals surface area (Å²) in [4.78, 5) is 0. The van der Waals surface area contributed by atoms with E-state index in [1.54, 1.807) is 0 Å². The molecule has 0 rings (SSSR count). The van der Waals surface area contributed by atoms with Crippen LogP contribution in [0.4, 0.5) is 0 Å². The van der Waals surface area contributed by atoms with E-state index >= 15 is 0 Å². The molecule has 0 aromatic rings. The van der Waals surface area contributed by atoms with E-state index in [4.69, 9.17) is 0 Å². The molecule has 0 aliphatic heterocycles. The lowest BCUT2D eigenvalue weighted by atomic mass is 10.0. The van der Waals surface area contributed by atoms with E-state index in [0.29, 0.717) is 0 Å². The van der Waals surface area contributed by atoms with Gasteiger partial charge in [0.15, 0.2) is 0 Å². The van der Waals surface area contributed by atoms with Gasteiger partial charge in [0.2, 0.25) is 0 Å². The van der Waals surface area contributed by atoms with Gasteiger partial charge in [-0.25, -0.2) is 0 Å². The maximum absolute atomic E-state index is 9.79. The van der Waals surface area contributed by atoms with Crippen molar-refractivity contribution in [1.82, 2.24) is 0 Å². The summed E-state index contributed by atoms with van der Waals surface area (Å²) in [5.74, 6) is 0. The number of unbranched alkanes of at least 4 members (excludes halogenated alkanes) is 8. The normalized spacial score (nSPS) is 12.6. The summed E-state index contributed by atoms with van der Waals surface area (Å²) in [5, 5.41) is 9.79. The Morgan fingerprint density at radius 1 is 0.889 bits per heavy atom. The third kappa shape index (κ3) is 12.2. The molecule has 0 saturated heterocycles. The van der Waals surface area contributed by atoms with E-state index in [9.17, 15) is 5.11 Å². The molecular formula is C17H34O. The van der Waals surface area contributed by atoms with Gasteiger partial charge in [0, 0.05) is 0 Å². The van der Waals surface area contributed by atoms with Gasteiger partial charge < -0.3 is 5.11 Å². The van der Waals surface area contributed by atoms with Crippen LogP contribution in [0.2, 0.25) is 0 Å². The van der Waals surface area contributed by atoms with Crippen molar-refractivity contribution in [2.75, 3.05) is 0 Å². The zero-order chi connectivity index (χ0) is 13.6. The lowest BCUT2D eigenvalue weighted by Crippen LogP contribution is -2.06. The van der Waals surface area contributed by atoms with Crippen LogP contribution in [-0.4, -0.2) is 11.2 Å². The largest absolute Gasteiger partial charge is 0.393 e. The minimum atomic E-state index is -0.151. The number of hydrogen-bond donors (Lipinski definition) is 1. The summed E-state index contributed by atoms with van der Waals surface area (Å²) in [6, 6.07) is 0. The SMILES string of the molecule is C=C(CC)CC(O)CCCCCCCCCCC. The van der Waals surface area contributed by atoms with E-state index in [1.807, 2.05) is 0 Å². The molecule has 1 nitrogen and oxygen atoms in total. The van der Waals surface area contributed by atoms with Crippen LogP contribution < -0.4 is 0 Å². The number of hydrogen-bond acceptors (Lipinski definition) is 1. The highest BCUT2D eigenvalue weighted by Crippen LogP contribution is 2.14. The first kappa shape index (κ1) is 17.7. The topological polar surface area (TPSA) is 20.2 Å². The van der Waals surface area contributed by atoms with Crippen molar-refractivity contribution < 1.29 is 5.11 Å². The third-order valence-corrected chi connectivity index (χ3v) is 3.67. The molecule has 0 bridgehead atoms. The van der Waals surface area contributed by atoms with E-state index in [-0.39, 0.29) is 6.10 Å². The smallest absolute Gasteiger partial charge is 0.0577 e. The standard InChI is InChI=1S/C17H34O/c1-4-6-7-8-9-10-11-12-13-14-17(18)15-16(3)5-2/h17-18H,3-15H2,1-2H3. The lowest BCUT2D eigenvalue weighted by Gasteiger charge is -2.11. The van der Waals surface area contributed by atoms with Gasteiger partial charge in [-0.15, -0.1) is 0 Å². The minimum absolute atomic E-state index is 0.151. The van der Waals surface area contributed by atoms with Gasteiger partial charge in [0.05, 0.1) is 6.10 Å². The van der Waals surface area contributed by atoms with Crippen molar-refractivity contribution in [3.8, 4) is 0 Å². The molecule has 1 unspecified atom stereocenters. The summed E-state index contributed by atoms with van der Waals surface area (Å²) in [7, 11) is 0. The van der Waals surface area contributed by atoms with Gasteiger partial charge >= 0.3 is 0 Å². The van der Waals surface area contributed by atoms with Crippen LogP contribution in [0, 0.1) is 0 Å². The molecule has 0 spiro atoms. The molecule has 18 heavy (non-hydrogen) atoms. The van der Waals surface area contributed by atoms with Crippen molar-refractivity contribution in [3.05, 3.63) is 12.2 Å². The van der Waals surface area contributed by atoms with Crippen molar-refractivity contribution in [1.29, 1.82) is 0 Å². The second-order valence-corrected chi connectivity index (χ2v) is 5.58. The van der Waals surface area contributed by atoms with Gasteiger partial charge in [-0.05, 0) is 19.3 Å². The Kier molecular flexibility index (Phi) is 12.9. The number of rotatable bonds is 13. The van der Waals surface area contributed by atoms with Crippen molar-refractivity contribution in [2.24, 2.45) is 0 Å². The Balaban J connectivity index is 3.17. The predicted molar refractivity (Wildman–Crippen MR) is 81.9 cm³/mol. The Hall–Kier alpha value is -0.300. The molecule has 0 aromatic heterocycles. The molecule has 0 aliphatic carbocycles. The molecule has 0 fully saturated rings. The summed E-state index contributed by atoms with van der Waals surface area (Å²) >= 11 is 0. The first-order valence-electron chi connectivity index (χ1n) is 8.05. The van der Waals surface area contributed by atoms with Crippen LogP contribution in [0.5, 0.6) is 0 Å². The average Bonchev–Trinajstić information content (AvgIpc) is 2.36. The van der Waals surface area contributed by atoms with E-state index in [2.05, 4.69) is 20.4 Å². The molecule has 0 amide bonds. The summed E-state index contributed by atoms with van der Waals surface area (Å²) in [5.41, 5.74) is 1.18. The summed E-state index contributed by atoms with van der Waals surface area (Å²) in [6.07, 6.45) is 14.7. The summed E-state index contributed by atoms with van der Waals surface area (Å²) < 4.78 is 0. The highest BCUT2D eigenvalue weighted by atomic mass is 16.3. The first-order valence-corrected chi connectivity index (χ1v) is 8.05. The maximum atomic E-state index is 9.79. The van der Waals surface area contributed by atoms with Gasteiger partial charge in [-0.3, -0.25) is 0 Å². The third-order valence-electron chi connectivity index (χ3n) is 3.67. The van der Waals surface area contributed by atoms with Crippen LogP contribution in [-0.2, 0) is 0 Å². The molecule has 0 aliphatic rings. The van der Waals surface area contributed by atoms with Crippen LogP contribution >= 0.6 is 0 Å². The Labute approximate surface area is 115 Å². The molecule has 1 N–H and O–H groups in total. The van der Waals surface area contributed by atoms with Crippen molar-refractivity contribution >= 4 is 0 Å². The molecule has 1 heteroatoms. The maximum Gasteiger partial charge on any atom is 0.0577 e. The van der Waals surface area contributed by atoms with E-state index in [0.717, 1.165) is 19.3 Å². The van der Waals surface area contributed by atoms with Crippen LogP contribution in [0.3, 0.4) is 0 Å². The Bertz CT molecular complexity index is 186. The molecule has 0 aromatic carbocycles. The summed E-state index contributed by atoms with van der Waals surface area (Å²) in [6.45, 7) is 8.31. The van der Waals surface area contributed by atoms with Crippen LogP contribution in [0.15, 0.2) is 12.2 Å². The van der Waals surface area contributed by atoms with Crippen molar-refractivity contribution in [3.63, 3.8) is 0 Å². The van der Waals surface area contributed by atoms with Gasteiger partial charge in [-0.2, -0.15) is 0 Å². The molecular weight excluding hydrogens is 220 g/mol. The fourth-order valence-corrected chi connectivity index (χ4v) is 2.27. The molecule has 1 atom stereocenters. The second kappa shape index (κ2) is 13.1. The van der Waals surface area contributed by atoms with Gasteiger partial charge in [0.25, 0.3) is 0 Å². The number of aliphatic hydroxyl groups excluding tert-OH is 1. The Morgan fingerprint density at radius 2 is 1.39 bits per heavy atom. The number of aliphatic hydroxyl groups is 1. The first-order chi connectivity index (χ1) is 8.70. The fourth-order valence-electron chi connectivity index (χ4n) is 2.27. The molecule has 0 radical (unpaired) electrons. The zero-order valence-corrected chi connectivity index (χ0v) is 12.7. The second-order valence-electron chi connectivity index (χ2n) is 5.58. The van der Waals surface area contributed by atoms with Gasteiger partial charge in [-0.1, -0.05) is 83.8 Å². The molecule has 0 heterocycles.